The monoisotopic (exact) mass is 225 g/mol. The lowest BCUT2D eigenvalue weighted by atomic mass is 9.68. The van der Waals surface area contributed by atoms with Gasteiger partial charge in [-0.3, -0.25) is 0 Å². The Bertz CT molecular complexity index is 225. The zero-order chi connectivity index (χ0) is 12.2. The van der Waals surface area contributed by atoms with Crippen molar-refractivity contribution < 1.29 is 4.74 Å². The molecule has 1 fully saturated rings. The molecule has 1 aliphatic carbocycles. The molecular formula is C14H27NO. The van der Waals surface area contributed by atoms with E-state index in [4.69, 9.17) is 4.74 Å². The van der Waals surface area contributed by atoms with Gasteiger partial charge in [0.15, 0.2) is 0 Å². The average molecular weight is 225 g/mol. The molecule has 0 bridgehead atoms. The molecule has 1 saturated carbocycles. The highest BCUT2D eigenvalue weighted by molar-refractivity contribution is 5.05. The molecule has 94 valence electrons. The third-order valence-electron chi connectivity index (χ3n) is 4.08. The van der Waals surface area contributed by atoms with Gasteiger partial charge in [-0.05, 0) is 37.6 Å². The molecule has 2 nitrogen and oxygen atoms in total. The van der Waals surface area contributed by atoms with Gasteiger partial charge in [-0.15, -0.1) is 6.58 Å². The van der Waals surface area contributed by atoms with Gasteiger partial charge in [0.2, 0.25) is 0 Å². The summed E-state index contributed by atoms with van der Waals surface area (Å²) >= 11 is 0. The largest absolute Gasteiger partial charge is 0.376 e. The Morgan fingerprint density at radius 3 is 2.25 bits per heavy atom. The molecule has 1 N–H and O–H groups in total. The van der Waals surface area contributed by atoms with E-state index in [0.29, 0.717) is 5.41 Å². The molecule has 2 heteroatoms. The molecule has 1 atom stereocenters. The Kier molecular flexibility index (Phi) is 4.57. The topological polar surface area (TPSA) is 21.3 Å². The summed E-state index contributed by atoms with van der Waals surface area (Å²) in [7, 11) is 1.84. The van der Waals surface area contributed by atoms with Crippen LogP contribution < -0.4 is 5.32 Å². The minimum Gasteiger partial charge on any atom is -0.376 e. The van der Waals surface area contributed by atoms with Gasteiger partial charge >= 0.3 is 0 Å². The molecular weight excluding hydrogens is 198 g/mol. The van der Waals surface area contributed by atoms with Crippen LogP contribution in [0.4, 0.5) is 0 Å². The van der Waals surface area contributed by atoms with E-state index in [9.17, 15) is 0 Å². The SMILES string of the molecule is C=CC(NCC)C1(OC)CCC(C)(C)CC1. The van der Waals surface area contributed by atoms with Crippen molar-refractivity contribution in [3.8, 4) is 0 Å². The van der Waals surface area contributed by atoms with E-state index in [1.807, 2.05) is 13.2 Å². The highest BCUT2D eigenvalue weighted by Gasteiger charge is 2.42. The van der Waals surface area contributed by atoms with Crippen LogP contribution in [0.15, 0.2) is 12.7 Å². The van der Waals surface area contributed by atoms with Crippen LogP contribution in [-0.2, 0) is 4.74 Å². The lowest BCUT2D eigenvalue weighted by Gasteiger charge is -2.46. The second kappa shape index (κ2) is 5.33. The van der Waals surface area contributed by atoms with Crippen molar-refractivity contribution in [3.63, 3.8) is 0 Å². The molecule has 0 spiro atoms. The van der Waals surface area contributed by atoms with Gasteiger partial charge in [0.05, 0.1) is 11.6 Å². The molecule has 0 saturated heterocycles. The molecule has 1 rings (SSSR count). The number of hydrogen-bond acceptors (Lipinski definition) is 2. The van der Waals surface area contributed by atoms with Crippen LogP contribution in [0.1, 0.15) is 46.5 Å². The molecule has 16 heavy (non-hydrogen) atoms. The maximum Gasteiger partial charge on any atom is 0.0866 e. The van der Waals surface area contributed by atoms with E-state index < -0.39 is 0 Å². The molecule has 1 unspecified atom stereocenters. The summed E-state index contributed by atoms with van der Waals surface area (Å²) in [5, 5.41) is 3.48. The number of methoxy groups -OCH3 is 1. The first-order valence-electron chi connectivity index (χ1n) is 6.41. The fourth-order valence-corrected chi connectivity index (χ4v) is 2.70. The van der Waals surface area contributed by atoms with E-state index in [0.717, 1.165) is 19.4 Å². The maximum absolute atomic E-state index is 5.84. The number of likely N-dealkylation sites (N-methyl/N-ethyl adjacent to an activating group) is 1. The van der Waals surface area contributed by atoms with E-state index in [-0.39, 0.29) is 11.6 Å². The van der Waals surface area contributed by atoms with E-state index >= 15 is 0 Å². The van der Waals surface area contributed by atoms with Crippen molar-refractivity contribution in [2.45, 2.75) is 58.1 Å². The van der Waals surface area contributed by atoms with Gasteiger partial charge in [0.1, 0.15) is 0 Å². The predicted molar refractivity (Wildman–Crippen MR) is 69.7 cm³/mol. The molecule has 0 amide bonds. The van der Waals surface area contributed by atoms with Crippen LogP contribution in [0.5, 0.6) is 0 Å². The minimum absolute atomic E-state index is 0.0344. The van der Waals surface area contributed by atoms with Crippen molar-refractivity contribution in [1.29, 1.82) is 0 Å². The van der Waals surface area contributed by atoms with Crippen molar-refractivity contribution >= 4 is 0 Å². The lowest BCUT2D eigenvalue weighted by molar-refractivity contribution is -0.0756. The molecule has 0 aliphatic heterocycles. The molecule has 0 radical (unpaired) electrons. The average Bonchev–Trinajstić information content (AvgIpc) is 2.27. The van der Waals surface area contributed by atoms with Crippen LogP contribution in [0, 0.1) is 5.41 Å². The Balaban J connectivity index is 2.74. The van der Waals surface area contributed by atoms with Crippen LogP contribution in [0.2, 0.25) is 0 Å². The summed E-state index contributed by atoms with van der Waals surface area (Å²) in [6, 6.07) is 0.276. The Morgan fingerprint density at radius 1 is 1.31 bits per heavy atom. The molecule has 0 heterocycles. The highest BCUT2D eigenvalue weighted by Crippen LogP contribution is 2.43. The zero-order valence-electron chi connectivity index (χ0n) is 11.3. The van der Waals surface area contributed by atoms with Gasteiger partial charge in [-0.2, -0.15) is 0 Å². The van der Waals surface area contributed by atoms with Crippen molar-refractivity contribution in [1.82, 2.24) is 5.32 Å². The van der Waals surface area contributed by atoms with E-state index in [1.54, 1.807) is 0 Å². The van der Waals surface area contributed by atoms with Crippen LogP contribution in [0.25, 0.3) is 0 Å². The number of rotatable bonds is 5. The standard InChI is InChI=1S/C14H27NO/c1-6-12(15-7-2)14(16-5)10-8-13(3,4)9-11-14/h6,12,15H,1,7-11H2,2-5H3. The van der Waals surface area contributed by atoms with Crippen LogP contribution in [-0.4, -0.2) is 25.3 Å². The van der Waals surface area contributed by atoms with Crippen molar-refractivity contribution in [2.75, 3.05) is 13.7 Å². The maximum atomic E-state index is 5.84. The lowest BCUT2D eigenvalue weighted by Crippen LogP contribution is -2.53. The smallest absolute Gasteiger partial charge is 0.0866 e. The van der Waals surface area contributed by atoms with Gasteiger partial charge in [0.25, 0.3) is 0 Å². The van der Waals surface area contributed by atoms with Crippen molar-refractivity contribution in [2.24, 2.45) is 5.41 Å². The summed E-state index contributed by atoms with van der Waals surface area (Å²) < 4.78 is 5.84. The minimum atomic E-state index is -0.0344. The molecule has 0 aromatic heterocycles. The van der Waals surface area contributed by atoms with E-state index in [1.165, 1.54) is 12.8 Å². The quantitative estimate of drug-likeness (QED) is 0.726. The van der Waals surface area contributed by atoms with Gasteiger partial charge < -0.3 is 10.1 Å². The number of nitrogens with one attached hydrogen (secondary N) is 1. The summed E-state index contributed by atoms with van der Waals surface area (Å²) in [5.41, 5.74) is 0.438. The first-order valence-corrected chi connectivity index (χ1v) is 6.41. The number of ether oxygens (including phenoxy) is 1. The number of hydrogen-bond donors (Lipinski definition) is 1. The van der Waals surface area contributed by atoms with Crippen molar-refractivity contribution in [3.05, 3.63) is 12.7 Å². The Hall–Kier alpha value is -0.340. The summed E-state index contributed by atoms with van der Waals surface area (Å²) in [6.45, 7) is 11.7. The van der Waals surface area contributed by atoms with E-state index in [2.05, 4.69) is 32.7 Å². The highest BCUT2D eigenvalue weighted by atomic mass is 16.5. The second-order valence-corrected chi connectivity index (χ2v) is 5.70. The van der Waals surface area contributed by atoms with Gasteiger partial charge in [0, 0.05) is 7.11 Å². The Morgan fingerprint density at radius 2 is 1.88 bits per heavy atom. The summed E-state index contributed by atoms with van der Waals surface area (Å²) in [6.07, 6.45) is 6.72. The molecule has 1 aliphatic rings. The fraction of sp³-hybridized carbons (Fsp3) is 0.857. The predicted octanol–water partition coefficient (Wildman–Crippen LogP) is 3.14. The third-order valence-corrected chi connectivity index (χ3v) is 4.08. The van der Waals surface area contributed by atoms with Crippen LogP contribution >= 0.6 is 0 Å². The normalized spacial score (nSPS) is 25.0. The first kappa shape index (κ1) is 13.7. The summed E-state index contributed by atoms with van der Waals surface area (Å²) in [4.78, 5) is 0. The van der Waals surface area contributed by atoms with Gasteiger partial charge in [-0.25, -0.2) is 0 Å². The first-order chi connectivity index (χ1) is 7.49. The third kappa shape index (κ3) is 2.86. The molecule has 0 aromatic carbocycles. The van der Waals surface area contributed by atoms with Crippen LogP contribution in [0.3, 0.4) is 0 Å². The molecule has 0 aromatic rings. The van der Waals surface area contributed by atoms with Gasteiger partial charge in [-0.1, -0.05) is 26.8 Å². The Labute approximate surface area is 100 Å². The fourth-order valence-electron chi connectivity index (χ4n) is 2.70. The zero-order valence-corrected chi connectivity index (χ0v) is 11.3. The summed E-state index contributed by atoms with van der Waals surface area (Å²) in [5.74, 6) is 0. The second-order valence-electron chi connectivity index (χ2n) is 5.70.